The predicted octanol–water partition coefficient (Wildman–Crippen LogP) is 3.16. The molecule has 3 aliphatic rings. The van der Waals surface area contributed by atoms with Crippen LogP contribution in [0.1, 0.15) is 71.7 Å². The highest BCUT2D eigenvalue weighted by Gasteiger charge is 2.84. The van der Waals surface area contributed by atoms with Crippen molar-refractivity contribution in [1.82, 2.24) is 0 Å². The summed E-state index contributed by atoms with van der Waals surface area (Å²) in [6.07, 6.45) is -3.85. The van der Waals surface area contributed by atoms with Crippen molar-refractivity contribution in [3.63, 3.8) is 0 Å². The van der Waals surface area contributed by atoms with E-state index in [2.05, 4.69) is 0 Å². The molecule has 1 heterocycles. The van der Waals surface area contributed by atoms with Crippen LogP contribution in [0.2, 0.25) is 0 Å². The molecule has 2 bridgehead atoms. The summed E-state index contributed by atoms with van der Waals surface area (Å²) in [4.78, 5) is 63.7. The molecule has 1 aliphatic heterocycles. The van der Waals surface area contributed by atoms with E-state index in [0.717, 1.165) is 0 Å². The van der Waals surface area contributed by atoms with Gasteiger partial charge in [0.05, 0.1) is 17.1 Å². The Morgan fingerprint density at radius 2 is 1.41 bits per heavy atom. The van der Waals surface area contributed by atoms with Gasteiger partial charge in [0, 0.05) is 27.7 Å². The molecule has 0 aromatic heterocycles. The summed E-state index contributed by atoms with van der Waals surface area (Å²) in [5.74, 6) is -4.44. The Morgan fingerprint density at radius 3 is 1.98 bits per heavy atom. The molecule has 1 spiro atoms. The molecule has 0 radical (unpaired) electrons. The van der Waals surface area contributed by atoms with Gasteiger partial charge in [0.15, 0.2) is 6.10 Å². The van der Waals surface area contributed by atoms with Gasteiger partial charge in [-0.05, 0) is 44.7 Å². The number of hydrogen-bond acceptors (Lipinski definition) is 11. The molecular formula is C30H38O11. The van der Waals surface area contributed by atoms with Crippen LogP contribution in [0, 0.1) is 17.3 Å². The van der Waals surface area contributed by atoms with Crippen LogP contribution >= 0.6 is 0 Å². The first kappa shape index (κ1) is 30.5. The number of benzene rings is 1. The van der Waals surface area contributed by atoms with Crippen molar-refractivity contribution < 1.29 is 52.4 Å². The molecule has 2 aliphatic carbocycles. The highest BCUT2D eigenvalue weighted by molar-refractivity contribution is 5.89. The minimum Gasteiger partial charge on any atom is -0.465 e. The largest absolute Gasteiger partial charge is 0.465 e. The predicted molar refractivity (Wildman–Crippen MR) is 141 cm³/mol. The zero-order valence-electron chi connectivity index (χ0n) is 24.5. The van der Waals surface area contributed by atoms with Gasteiger partial charge in [0.1, 0.15) is 35.9 Å². The van der Waals surface area contributed by atoms with E-state index >= 15 is 0 Å². The maximum Gasteiger partial charge on any atom is 0.338 e. The number of carbonyl (C=O) groups is 5. The summed E-state index contributed by atoms with van der Waals surface area (Å²) < 4.78 is 36.7. The second-order valence-electron chi connectivity index (χ2n) is 11.7. The van der Waals surface area contributed by atoms with Crippen LogP contribution in [0.25, 0.3) is 0 Å². The van der Waals surface area contributed by atoms with E-state index < -0.39 is 83.4 Å². The summed E-state index contributed by atoms with van der Waals surface area (Å²) in [7, 11) is 0. The molecule has 1 saturated heterocycles. The highest BCUT2D eigenvalue weighted by Crippen LogP contribution is 2.68. The number of rotatable bonds is 7. The van der Waals surface area contributed by atoms with Crippen molar-refractivity contribution in [2.75, 3.05) is 6.61 Å². The first-order valence-electron chi connectivity index (χ1n) is 13.8. The van der Waals surface area contributed by atoms with Gasteiger partial charge in [-0.3, -0.25) is 19.2 Å². The lowest BCUT2D eigenvalue weighted by Gasteiger charge is -2.63. The zero-order chi connectivity index (χ0) is 30.3. The average molecular weight is 575 g/mol. The van der Waals surface area contributed by atoms with Gasteiger partial charge in [-0.15, -0.1) is 0 Å². The summed E-state index contributed by atoms with van der Waals surface area (Å²) in [5, 5.41) is 0. The Bertz CT molecular complexity index is 1210. The molecular weight excluding hydrogens is 536 g/mol. The number of fused-ring (bicyclic) bond motifs is 1. The normalized spacial score (nSPS) is 34.9. The van der Waals surface area contributed by atoms with E-state index in [9.17, 15) is 24.0 Å². The van der Waals surface area contributed by atoms with Crippen LogP contribution in [-0.4, -0.2) is 72.1 Å². The SMILES string of the molecule is CC(=O)OC[C@@]12[C@@H](OC(C)=O)CC[C@@H](C)[C@]13OC(C)(C)[C@H]([C@@H](OC(C)=O)[C@@H]2OC(=O)c1ccccc1)[C@H]3OC(C)=O. The minimum atomic E-state index is -1.64. The molecule has 1 aromatic rings. The van der Waals surface area contributed by atoms with Gasteiger partial charge >= 0.3 is 29.8 Å². The topological polar surface area (TPSA) is 141 Å². The minimum absolute atomic E-state index is 0.230. The first-order chi connectivity index (χ1) is 19.2. The molecule has 1 aromatic carbocycles. The molecule has 0 N–H and O–H groups in total. The second kappa shape index (κ2) is 11.1. The number of esters is 5. The van der Waals surface area contributed by atoms with Crippen LogP contribution < -0.4 is 0 Å². The Balaban J connectivity index is 2.06. The van der Waals surface area contributed by atoms with E-state index in [0.29, 0.717) is 6.42 Å². The molecule has 11 nitrogen and oxygen atoms in total. The lowest BCUT2D eigenvalue weighted by molar-refractivity contribution is -0.314. The fourth-order valence-electron chi connectivity index (χ4n) is 7.44. The Kier molecular flexibility index (Phi) is 8.23. The average Bonchev–Trinajstić information content (AvgIpc) is 3.06. The van der Waals surface area contributed by atoms with Crippen molar-refractivity contribution in [2.45, 2.75) is 96.9 Å². The Morgan fingerprint density at radius 1 is 0.805 bits per heavy atom. The van der Waals surface area contributed by atoms with Gasteiger partial charge in [0.25, 0.3) is 0 Å². The molecule has 41 heavy (non-hydrogen) atoms. The van der Waals surface area contributed by atoms with E-state index in [4.69, 9.17) is 28.4 Å². The van der Waals surface area contributed by atoms with Crippen LogP contribution in [-0.2, 0) is 47.6 Å². The second-order valence-corrected chi connectivity index (χ2v) is 11.7. The maximum absolute atomic E-state index is 13.7. The van der Waals surface area contributed by atoms with E-state index in [1.807, 2.05) is 6.92 Å². The molecule has 4 rings (SSSR count). The van der Waals surface area contributed by atoms with E-state index in [-0.39, 0.29) is 17.9 Å². The lowest BCUT2D eigenvalue weighted by atomic mass is 9.47. The molecule has 2 saturated carbocycles. The van der Waals surface area contributed by atoms with E-state index in [1.54, 1.807) is 44.2 Å². The third-order valence-corrected chi connectivity index (χ3v) is 8.70. The number of hydrogen-bond donors (Lipinski definition) is 0. The fraction of sp³-hybridized carbons (Fsp3) is 0.633. The van der Waals surface area contributed by atoms with Crippen LogP contribution in [0.15, 0.2) is 30.3 Å². The zero-order valence-corrected chi connectivity index (χ0v) is 24.5. The van der Waals surface area contributed by atoms with E-state index in [1.165, 1.54) is 27.7 Å². The van der Waals surface area contributed by atoms with Gasteiger partial charge in [-0.2, -0.15) is 0 Å². The van der Waals surface area contributed by atoms with Crippen molar-refractivity contribution in [1.29, 1.82) is 0 Å². The Labute approximate surface area is 239 Å². The van der Waals surface area contributed by atoms with Crippen LogP contribution in [0.3, 0.4) is 0 Å². The monoisotopic (exact) mass is 574 g/mol. The lowest BCUT2D eigenvalue weighted by Crippen LogP contribution is -2.79. The molecule has 11 heteroatoms. The number of carbonyl (C=O) groups excluding carboxylic acids is 5. The first-order valence-corrected chi connectivity index (χ1v) is 13.8. The van der Waals surface area contributed by atoms with Crippen molar-refractivity contribution in [3.05, 3.63) is 35.9 Å². The maximum atomic E-state index is 13.7. The van der Waals surface area contributed by atoms with Gasteiger partial charge in [-0.25, -0.2) is 4.79 Å². The molecule has 224 valence electrons. The fourth-order valence-corrected chi connectivity index (χ4v) is 7.44. The summed E-state index contributed by atoms with van der Waals surface area (Å²) in [6, 6.07) is 8.24. The van der Waals surface area contributed by atoms with Gasteiger partial charge in [0.2, 0.25) is 0 Å². The third kappa shape index (κ3) is 5.09. The third-order valence-electron chi connectivity index (χ3n) is 8.70. The smallest absolute Gasteiger partial charge is 0.338 e. The number of ether oxygens (including phenoxy) is 6. The molecule has 3 fully saturated rings. The highest BCUT2D eigenvalue weighted by atomic mass is 16.6. The summed E-state index contributed by atoms with van der Waals surface area (Å²) in [6.45, 7) is 9.97. The van der Waals surface area contributed by atoms with Crippen LogP contribution in [0.5, 0.6) is 0 Å². The van der Waals surface area contributed by atoms with Crippen molar-refractivity contribution in [3.8, 4) is 0 Å². The van der Waals surface area contributed by atoms with Gasteiger partial charge in [-0.1, -0.05) is 25.1 Å². The van der Waals surface area contributed by atoms with Crippen LogP contribution in [0.4, 0.5) is 0 Å². The Hall–Kier alpha value is -3.47. The quantitative estimate of drug-likeness (QED) is 0.350. The van der Waals surface area contributed by atoms with Crippen molar-refractivity contribution >= 4 is 29.8 Å². The van der Waals surface area contributed by atoms with Gasteiger partial charge < -0.3 is 28.4 Å². The van der Waals surface area contributed by atoms with Crippen molar-refractivity contribution in [2.24, 2.45) is 17.3 Å². The molecule has 0 unspecified atom stereocenters. The summed E-state index contributed by atoms with van der Waals surface area (Å²) in [5.41, 5.74) is -3.98. The standard InChI is InChI=1S/C30H38O11/c1-16-13-14-22(37-18(3)32)29(15-36-17(2)31)26(40-27(35)21-11-9-8-10-12-21)24(38-19(4)33)23-25(39-20(5)34)30(16,29)41-28(23,6)7/h8-12,16,22-26H,13-15H2,1-7H3/t16-,22+,23-,24-,25-,26+,29+,30-/m1/s1. The summed E-state index contributed by atoms with van der Waals surface area (Å²) >= 11 is 0. The molecule has 8 atom stereocenters. The molecule has 0 amide bonds.